The normalized spacial score (nSPS) is 7.00. The van der Waals surface area contributed by atoms with E-state index in [1.807, 2.05) is 52.0 Å². The molecule has 0 radical (unpaired) electrons. The van der Waals surface area contributed by atoms with E-state index < -0.39 is 0 Å². The van der Waals surface area contributed by atoms with Crippen molar-refractivity contribution in [3.05, 3.63) is 34.7 Å². The Kier molecular flexibility index (Phi) is 11.2. The molecule has 0 saturated heterocycles. The van der Waals surface area contributed by atoms with E-state index in [-0.39, 0.29) is 0 Å². The van der Waals surface area contributed by atoms with Gasteiger partial charge in [0.1, 0.15) is 0 Å². The molecule has 0 aliphatic carbocycles. The van der Waals surface area contributed by atoms with E-state index in [0.29, 0.717) is 0 Å². The van der Waals surface area contributed by atoms with Gasteiger partial charge in [-0.15, -0.1) is 0 Å². The average Bonchev–Trinajstić information content (AvgIpc) is 2.17. The Morgan fingerprint density at radius 3 is 1.17 bits per heavy atom. The van der Waals surface area contributed by atoms with Crippen LogP contribution in [0.1, 0.15) is 27.7 Å². The lowest BCUT2D eigenvalue weighted by Crippen LogP contribution is -2.19. The number of rotatable bonds is 0. The Labute approximate surface area is 76.3 Å². The van der Waals surface area contributed by atoms with Crippen LogP contribution in [0.25, 0.3) is 13.2 Å². The van der Waals surface area contributed by atoms with E-state index in [4.69, 9.17) is 0 Å². The van der Waals surface area contributed by atoms with Crippen molar-refractivity contribution in [3.63, 3.8) is 0 Å². The molecular weight excluding hydrogens is 144 g/mol. The molecule has 1 aromatic rings. The van der Waals surface area contributed by atoms with Crippen LogP contribution in [-0.4, -0.2) is 0 Å². The number of benzene rings is 1. The highest BCUT2D eigenvalue weighted by molar-refractivity contribution is 5.15. The molecule has 1 rings (SSSR count). The van der Waals surface area contributed by atoms with E-state index in [2.05, 4.69) is 13.2 Å². The van der Waals surface area contributed by atoms with Gasteiger partial charge < -0.3 is 0 Å². The molecule has 12 heavy (non-hydrogen) atoms. The Balaban J connectivity index is 0. The lowest BCUT2D eigenvalue weighted by Gasteiger charge is -1.79. The number of hydrogen-bond donors (Lipinski definition) is 0. The third-order valence-corrected chi connectivity index (χ3v) is 1.12. The van der Waals surface area contributed by atoms with Gasteiger partial charge in [0, 0.05) is 0 Å². The van der Waals surface area contributed by atoms with Crippen LogP contribution < -0.4 is 10.4 Å². The highest BCUT2D eigenvalue weighted by atomic mass is 13.8. The molecular formula is C12H20. The summed E-state index contributed by atoms with van der Waals surface area (Å²) in [5, 5.41) is 2.01. The molecule has 0 unspecified atom stereocenters. The first-order valence-corrected chi connectivity index (χ1v) is 4.53. The SMILES string of the molecule is C=c1ccccc1=C.CC.CC. The molecule has 0 amide bonds. The average molecular weight is 164 g/mol. The van der Waals surface area contributed by atoms with Crippen LogP contribution >= 0.6 is 0 Å². The molecule has 0 N–H and O–H groups in total. The van der Waals surface area contributed by atoms with Crippen LogP contribution in [0.2, 0.25) is 0 Å². The van der Waals surface area contributed by atoms with Gasteiger partial charge in [0.2, 0.25) is 0 Å². The summed E-state index contributed by atoms with van der Waals surface area (Å²) in [6.07, 6.45) is 0. The summed E-state index contributed by atoms with van der Waals surface area (Å²) < 4.78 is 0. The lowest BCUT2D eigenvalue weighted by atomic mass is 10.3. The van der Waals surface area contributed by atoms with Gasteiger partial charge in [-0.05, 0) is 10.4 Å². The highest BCUT2D eigenvalue weighted by Crippen LogP contribution is 1.66. The fourth-order valence-corrected chi connectivity index (χ4v) is 0.557. The molecule has 0 aliphatic rings. The van der Waals surface area contributed by atoms with Crippen molar-refractivity contribution in [1.29, 1.82) is 0 Å². The van der Waals surface area contributed by atoms with Crippen LogP contribution in [-0.2, 0) is 0 Å². The summed E-state index contributed by atoms with van der Waals surface area (Å²) in [5.41, 5.74) is 0. The van der Waals surface area contributed by atoms with E-state index >= 15 is 0 Å². The monoisotopic (exact) mass is 164 g/mol. The van der Waals surface area contributed by atoms with Gasteiger partial charge in [0.05, 0.1) is 0 Å². The largest absolute Gasteiger partial charge is 0.0912 e. The molecule has 0 heterocycles. The van der Waals surface area contributed by atoms with E-state index in [9.17, 15) is 0 Å². The second kappa shape index (κ2) is 9.96. The second-order valence-electron chi connectivity index (χ2n) is 1.77. The molecule has 0 aliphatic heterocycles. The maximum absolute atomic E-state index is 3.76. The summed E-state index contributed by atoms with van der Waals surface area (Å²) in [6, 6.07) is 7.80. The molecule has 0 nitrogen and oxygen atoms in total. The highest BCUT2D eigenvalue weighted by Gasteiger charge is 1.71. The topological polar surface area (TPSA) is 0 Å². The molecule has 0 spiro atoms. The number of hydrogen-bond acceptors (Lipinski definition) is 0. The zero-order chi connectivity index (χ0) is 9.98. The van der Waals surface area contributed by atoms with Crippen LogP contribution in [0.5, 0.6) is 0 Å². The Bertz CT molecular complexity index is 231. The molecule has 0 fully saturated rings. The summed E-state index contributed by atoms with van der Waals surface area (Å²) in [5.74, 6) is 0. The first-order valence-electron chi connectivity index (χ1n) is 4.53. The first kappa shape index (κ1) is 13.5. The van der Waals surface area contributed by atoms with Crippen LogP contribution in [0, 0.1) is 0 Å². The maximum Gasteiger partial charge on any atom is -0.0262 e. The fraction of sp³-hybridized carbons (Fsp3) is 0.333. The maximum atomic E-state index is 3.76. The van der Waals surface area contributed by atoms with E-state index in [1.54, 1.807) is 0 Å². The van der Waals surface area contributed by atoms with Crippen molar-refractivity contribution in [2.75, 3.05) is 0 Å². The minimum absolute atomic E-state index is 1.01. The van der Waals surface area contributed by atoms with Gasteiger partial charge >= 0.3 is 0 Å². The van der Waals surface area contributed by atoms with Crippen molar-refractivity contribution >= 4 is 13.2 Å². The van der Waals surface area contributed by atoms with Gasteiger partial charge in [0.15, 0.2) is 0 Å². The van der Waals surface area contributed by atoms with Crippen molar-refractivity contribution in [2.24, 2.45) is 0 Å². The third-order valence-electron chi connectivity index (χ3n) is 1.12. The summed E-state index contributed by atoms with van der Waals surface area (Å²) in [6.45, 7) is 15.5. The molecule has 68 valence electrons. The first-order chi connectivity index (χ1) is 5.80. The van der Waals surface area contributed by atoms with Crippen molar-refractivity contribution in [3.8, 4) is 0 Å². The third kappa shape index (κ3) is 5.72. The fourth-order valence-electron chi connectivity index (χ4n) is 0.557. The van der Waals surface area contributed by atoms with Gasteiger partial charge in [-0.1, -0.05) is 65.1 Å². The van der Waals surface area contributed by atoms with Crippen molar-refractivity contribution in [2.45, 2.75) is 27.7 Å². The predicted molar refractivity (Wildman–Crippen MR) is 59.4 cm³/mol. The molecule has 0 atom stereocenters. The van der Waals surface area contributed by atoms with E-state index in [1.165, 1.54) is 0 Å². The van der Waals surface area contributed by atoms with Crippen LogP contribution in [0.4, 0.5) is 0 Å². The Hall–Kier alpha value is -1.04. The summed E-state index contributed by atoms with van der Waals surface area (Å²) in [4.78, 5) is 0. The van der Waals surface area contributed by atoms with Crippen LogP contribution in [0.15, 0.2) is 24.3 Å². The molecule has 0 bridgehead atoms. The Morgan fingerprint density at radius 2 is 1.00 bits per heavy atom. The molecule has 0 saturated carbocycles. The van der Waals surface area contributed by atoms with Crippen molar-refractivity contribution < 1.29 is 0 Å². The quantitative estimate of drug-likeness (QED) is 0.553. The van der Waals surface area contributed by atoms with E-state index in [0.717, 1.165) is 10.4 Å². The van der Waals surface area contributed by atoms with Crippen molar-refractivity contribution in [1.82, 2.24) is 0 Å². The zero-order valence-corrected chi connectivity index (χ0v) is 8.72. The van der Waals surface area contributed by atoms with Gasteiger partial charge in [-0.3, -0.25) is 0 Å². The smallest absolute Gasteiger partial charge is 0.0262 e. The van der Waals surface area contributed by atoms with Gasteiger partial charge in [0.25, 0.3) is 0 Å². The predicted octanol–water partition coefficient (Wildman–Crippen LogP) is 2.56. The minimum atomic E-state index is 1.01. The lowest BCUT2D eigenvalue weighted by molar-refractivity contribution is 1.50. The van der Waals surface area contributed by atoms with Gasteiger partial charge in [-0.2, -0.15) is 0 Å². The zero-order valence-electron chi connectivity index (χ0n) is 8.72. The molecule has 0 aromatic heterocycles. The summed E-state index contributed by atoms with van der Waals surface area (Å²) in [7, 11) is 0. The second-order valence-corrected chi connectivity index (χ2v) is 1.77. The standard InChI is InChI=1S/C8H8.2C2H6/c1-7-5-3-4-6-8(7)2;2*1-2/h3-6H,1-2H2;2*1-2H3. The molecule has 1 aromatic carbocycles. The minimum Gasteiger partial charge on any atom is -0.0912 e. The Morgan fingerprint density at radius 1 is 0.750 bits per heavy atom. The molecule has 0 heteroatoms. The van der Waals surface area contributed by atoms with Gasteiger partial charge in [-0.25, -0.2) is 0 Å². The van der Waals surface area contributed by atoms with Crippen LogP contribution in [0.3, 0.4) is 0 Å². The summed E-state index contributed by atoms with van der Waals surface area (Å²) >= 11 is 0.